The van der Waals surface area contributed by atoms with Gasteiger partial charge in [0.1, 0.15) is 5.75 Å². The van der Waals surface area contributed by atoms with Crippen molar-refractivity contribution < 1.29 is 14.3 Å². The van der Waals surface area contributed by atoms with Gasteiger partial charge in [0.25, 0.3) is 11.1 Å². The summed E-state index contributed by atoms with van der Waals surface area (Å²) < 4.78 is 8.32. The van der Waals surface area contributed by atoms with Gasteiger partial charge in [-0.2, -0.15) is 0 Å². The number of rotatable bonds is 4. The molecule has 1 saturated heterocycles. The Hall–Kier alpha value is -0.590. The van der Waals surface area contributed by atoms with Crippen molar-refractivity contribution in [2.24, 2.45) is 0 Å². The van der Waals surface area contributed by atoms with Crippen LogP contribution in [0.3, 0.4) is 0 Å². The summed E-state index contributed by atoms with van der Waals surface area (Å²) >= 11 is 8.83. The minimum atomic E-state index is -0.285. The van der Waals surface area contributed by atoms with E-state index >= 15 is 0 Å². The Morgan fingerprint density at radius 1 is 1.23 bits per heavy atom. The monoisotopic (exact) mass is 655 g/mol. The van der Waals surface area contributed by atoms with Crippen molar-refractivity contribution in [1.82, 2.24) is 4.90 Å². The average molecular weight is 656 g/mol. The Morgan fingerprint density at radius 2 is 1.96 bits per heavy atom. The molecule has 0 bridgehead atoms. The predicted molar refractivity (Wildman–Crippen MR) is 124 cm³/mol. The average Bonchev–Trinajstić information content (AvgIpc) is 2.84. The minimum Gasteiger partial charge on any atom is -0.495 e. The van der Waals surface area contributed by atoms with E-state index in [1.54, 1.807) is 13.2 Å². The van der Waals surface area contributed by atoms with Crippen LogP contribution in [0, 0.1) is 7.14 Å². The Labute approximate surface area is 191 Å². The largest absolute Gasteiger partial charge is 0.495 e. The topological polar surface area (TPSA) is 46.6 Å². The first kappa shape index (κ1) is 20.2. The van der Waals surface area contributed by atoms with Crippen LogP contribution in [0.1, 0.15) is 11.1 Å². The molecular formula is C18H12BrI2NO3S. The number of halogens is 3. The number of imide groups is 1. The summed E-state index contributed by atoms with van der Waals surface area (Å²) in [5, 5.41) is -0.267. The van der Waals surface area contributed by atoms with Crippen LogP contribution in [0.25, 0.3) is 6.08 Å². The van der Waals surface area contributed by atoms with E-state index in [1.807, 2.05) is 36.4 Å². The van der Waals surface area contributed by atoms with Gasteiger partial charge in [0, 0.05) is 13.6 Å². The lowest BCUT2D eigenvalue weighted by molar-refractivity contribution is -0.123. The van der Waals surface area contributed by atoms with Crippen LogP contribution in [0.15, 0.2) is 45.8 Å². The van der Waals surface area contributed by atoms with Crippen LogP contribution in [0.5, 0.6) is 5.75 Å². The van der Waals surface area contributed by atoms with Gasteiger partial charge in [0.05, 0.1) is 22.1 Å². The normalized spacial score (nSPS) is 15.8. The van der Waals surface area contributed by atoms with Crippen LogP contribution in [0.2, 0.25) is 0 Å². The van der Waals surface area contributed by atoms with Crippen LogP contribution < -0.4 is 4.74 Å². The van der Waals surface area contributed by atoms with Gasteiger partial charge in [-0.05, 0) is 86.8 Å². The fraction of sp³-hybridized carbons (Fsp3) is 0.111. The summed E-state index contributed by atoms with van der Waals surface area (Å²) in [6.45, 7) is 0.240. The Morgan fingerprint density at radius 3 is 2.65 bits per heavy atom. The zero-order valence-electron chi connectivity index (χ0n) is 13.5. The highest BCUT2D eigenvalue weighted by atomic mass is 127. The van der Waals surface area contributed by atoms with E-state index in [0.29, 0.717) is 10.7 Å². The third kappa shape index (κ3) is 4.28. The second-order valence-electron chi connectivity index (χ2n) is 5.37. The van der Waals surface area contributed by atoms with Crippen LogP contribution in [-0.4, -0.2) is 23.2 Å². The SMILES string of the molecule is COc1c(I)cc(I)cc1/C=C1/SC(=O)N(Cc2ccccc2Br)C1=O. The molecule has 2 aromatic rings. The first-order chi connectivity index (χ1) is 12.4. The lowest BCUT2D eigenvalue weighted by Crippen LogP contribution is -2.27. The highest BCUT2D eigenvalue weighted by Gasteiger charge is 2.35. The number of benzene rings is 2. The van der Waals surface area contributed by atoms with Crippen molar-refractivity contribution in [3.8, 4) is 5.75 Å². The molecule has 0 unspecified atom stereocenters. The van der Waals surface area contributed by atoms with E-state index in [9.17, 15) is 9.59 Å². The second kappa shape index (κ2) is 8.61. The molecule has 2 amide bonds. The maximum absolute atomic E-state index is 12.8. The lowest BCUT2D eigenvalue weighted by atomic mass is 10.1. The van der Waals surface area contributed by atoms with Gasteiger partial charge in [-0.3, -0.25) is 14.5 Å². The molecule has 0 atom stereocenters. The van der Waals surface area contributed by atoms with E-state index in [2.05, 4.69) is 61.1 Å². The van der Waals surface area contributed by atoms with Gasteiger partial charge < -0.3 is 4.74 Å². The summed E-state index contributed by atoms with van der Waals surface area (Å²) in [5.41, 5.74) is 1.67. The van der Waals surface area contributed by atoms with Crippen molar-refractivity contribution in [3.63, 3.8) is 0 Å². The summed E-state index contributed by atoms with van der Waals surface area (Å²) in [7, 11) is 1.60. The number of amides is 2. The van der Waals surface area contributed by atoms with Gasteiger partial charge in [0.15, 0.2) is 0 Å². The van der Waals surface area contributed by atoms with Crippen molar-refractivity contribution in [2.75, 3.05) is 7.11 Å². The number of carbonyl (C=O) groups excluding carboxylic acids is 2. The standard InChI is InChI=1S/C18H12BrI2NO3S/c1-25-16-11(6-12(20)8-14(16)21)7-15-17(23)22(18(24)26-15)9-10-4-2-3-5-13(10)19/h2-8H,9H2,1H3/b15-7+. The van der Waals surface area contributed by atoms with Gasteiger partial charge in [-0.1, -0.05) is 34.1 Å². The molecule has 2 aromatic carbocycles. The van der Waals surface area contributed by atoms with Gasteiger partial charge >= 0.3 is 0 Å². The summed E-state index contributed by atoms with van der Waals surface area (Å²) in [5.74, 6) is 0.412. The van der Waals surface area contributed by atoms with Gasteiger partial charge in [-0.15, -0.1) is 0 Å². The zero-order chi connectivity index (χ0) is 18.8. The Bertz CT molecular complexity index is 933. The number of hydrogen-bond donors (Lipinski definition) is 0. The smallest absolute Gasteiger partial charge is 0.293 e. The second-order valence-corrected chi connectivity index (χ2v) is 9.62. The molecule has 0 radical (unpaired) electrons. The molecule has 4 nitrogen and oxygen atoms in total. The fourth-order valence-corrected chi connectivity index (χ4v) is 5.83. The number of nitrogens with zero attached hydrogens (tertiary/aromatic N) is 1. The molecule has 3 rings (SSSR count). The Kier molecular flexibility index (Phi) is 6.68. The van der Waals surface area contributed by atoms with Crippen molar-refractivity contribution >= 4 is 90.1 Å². The van der Waals surface area contributed by atoms with Crippen molar-refractivity contribution in [2.45, 2.75) is 6.54 Å². The quantitative estimate of drug-likeness (QED) is 0.304. The lowest BCUT2D eigenvalue weighted by Gasteiger charge is -2.13. The summed E-state index contributed by atoms with van der Waals surface area (Å²) in [6, 6.07) is 11.5. The highest BCUT2D eigenvalue weighted by Crippen LogP contribution is 2.37. The molecule has 0 aliphatic carbocycles. The molecule has 8 heteroatoms. The van der Waals surface area contributed by atoms with Crippen LogP contribution in [-0.2, 0) is 11.3 Å². The van der Waals surface area contributed by atoms with E-state index in [1.165, 1.54) is 4.90 Å². The van der Waals surface area contributed by atoms with E-state index < -0.39 is 0 Å². The van der Waals surface area contributed by atoms with Gasteiger partial charge in [0.2, 0.25) is 0 Å². The third-order valence-corrected chi connectivity index (χ3v) is 6.79. The highest BCUT2D eigenvalue weighted by molar-refractivity contribution is 14.1. The molecule has 0 spiro atoms. The molecule has 1 heterocycles. The van der Waals surface area contributed by atoms with Crippen molar-refractivity contribution in [1.29, 1.82) is 0 Å². The fourth-order valence-electron chi connectivity index (χ4n) is 2.48. The third-order valence-electron chi connectivity index (χ3n) is 3.69. The van der Waals surface area contributed by atoms with Gasteiger partial charge in [-0.25, -0.2) is 0 Å². The maximum atomic E-state index is 12.8. The number of ether oxygens (including phenoxy) is 1. The summed E-state index contributed by atoms with van der Waals surface area (Å²) in [6.07, 6.45) is 1.73. The molecular weight excluding hydrogens is 644 g/mol. The molecule has 0 saturated carbocycles. The summed E-state index contributed by atoms with van der Waals surface area (Å²) in [4.78, 5) is 26.8. The maximum Gasteiger partial charge on any atom is 0.293 e. The molecule has 26 heavy (non-hydrogen) atoms. The molecule has 134 valence electrons. The van der Waals surface area contributed by atoms with E-state index in [-0.39, 0.29) is 17.7 Å². The zero-order valence-corrected chi connectivity index (χ0v) is 20.2. The van der Waals surface area contributed by atoms with Crippen LogP contribution >= 0.6 is 72.9 Å². The first-order valence-electron chi connectivity index (χ1n) is 7.42. The van der Waals surface area contributed by atoms with E-state index in [0.717, 1.165) is 34.5 Å². The molecule has 1 fully saturated rings. The van der Waals surface area contributed by atoms with Crippen LogP contribution in [0.4, 0.5) is 4.79 Å². The van der Waals surface area contributed by atoms with E-state index in [4.69, 9.17) is 4.74 Å². The predicted octanol–water partition coefficient (Wildman–Crippen LogP) is 5.90. The number of carbonyl (C=O) groups is 2. The Balaban J connectivity index is 1.92. The minimum absolute atomic E-state index is 0.240. The molecule has 1 aliphatic heterocycles. The first-order valence-corrected chi connectivity index (χ1v) is 11.2. The van der Waals surface area contributed by atoms with Crippen molar-refractivity contribution in [3.05, 3.63) is 64.0 Å². The molecule has 1 aliphatic rings. The molecule has 0 aromatic heterocycles. The number of hydrogen-bond acceptors (Lipinski definition) is 4. The number of thioether (sulfide) groups is 1. The molecule has 0 N–H and O–H groups in total. The number of methoxy groups -OCH3 is 1.